The molecule has 0 bridgehead atoms. The second kappa shape index (κ2) is 7.97. The number of anilines is 1. The molecule has 136 valence electrons. The van der Waals surface area contributed by atoms with E-state index in [9.17, 15) is 9.59 Å². The molecule has 0 spiro atoms. The maximum absolute atomic E-state index is 12.3. The predicted molar refractivity (Wildman–Crippen MR) is 95.8 cm³/mol. The van der Waals surface area contributed by atoms with E-state index in [4.69, 9.17) is 10.00 Å². The van der Waals surface area contributed by atoms with Crippen LogP contribution in [-0.2, 0) is 9.53 Å². The zero-order valence-corrected chi connectivity index (χ0v) is 14.6. The Morgan fingerprint density at radius 2 is 2.38 bits per heavy atom. The number of carbonyl (C=O) groups excluding carboxylic acids is 2. The number of piperidine rings is 1. The van der Waals surface area contributed by atoms with Crippen LogP contribution < -0.4 is 5.32 Å². The smallest absolute Gasteiger partial charge is 0.341 e. The van der Waals surface area contributed by atoms with E-state index in [2.05, 4.69) is 15.3 Å². The third-order valence-electron chi connectivity index (χ3n) is 4.43. The molecule has 1 atom stereocenters. The van der Waals surface area contributed by atoms with Gasteiger partial charge in [0, 0.05) is 30.4 Å². The number of aromatic nitrogens is 2. The van der Waals surface area contributed by atoms with Crippen molar-refractivity contribution in [3.63, 3.8) is 0 Å². The Morgan fingerprint density at radius 3 is 3.15 bits per heavy atom. The summed E-state index contributed by atoms with van der Waals surface area (Å²) in [7, 11) is 0. The molecule has 0 aromatic carbocycles. The van der Waals surface area contributed by atoms with Crippen molar-refractivity contribution in [1.29, 1.82) is 5.26 Å². The number of likely N-dealkylation sites (tertiary alicyclic amines) is 1. The third kappa shape index (κ3) is 3.83. The first kappa shape index (κ1) is 17.9. The molecule has 0 radical (unpaired) electrons. The number of pyridine rings is 1. The van der Waals surface area contributed by atoms with Crippen LogP contribution in [0, 0.1) is 11.3 Å². The van der Waals surface area contributed by atoms with Gasteiger partial charge in [0.25, 0.3) is 0 Å². The number of rotatable bonds is 6. The summed E-state index contributed by atoms with van der Waals surface area (Å²) in [6.45, 7) is 3.60. The molecule has 8 nitrogen and oxygen atoms in total. The number of nitrogens with zero attached hydrogens (tertiary/aromatic N) is 3. The summed E-state index contributed by atoms with van der Waals surface area (Å²) in [6, 6.07) is 3.59. The van der Waals surface area contributed by atoms with Crippen molar-refractivity contribution in [2.24, 2.45) is 0 Å². The number of Topliss-reactive ketones (excluding diaryl/α,β-unsaturated/α-hetero) is 1. The zero-order valence-electron chi connectivity index (χ0n) is 14.6. The van der Waals surface area contributed by atoms with Crippen molar-refractivity contribution < 1.29 is 14.3 Å². The molecule has 1 aliphatic heterocycles. The molecule has 2 aromatic rings. The van der Waals surface area contributed by atoms with Gasteiger partial charge in [-0.2, -0.15) is 5.26 Å². The number of fused-ring (bicyclic) bond motifs is 1. The van der Waals surface area contributed by atoms with Crippen molar-refractivity contribution in [3.05, 3.63) is 24.0 Å². The summed E-state index contributed by atoms with van der Waals surface area (Å²) < 4.78 is 5.15. The number of esters is 1. The van der Waals surface area contributed by atoms with Gasteiger partial charge in [0.1, 0.15) is 17.3 Å². The van der Waals surface area contributed by atoms with E-state index in [0.717, 1.165) is 24.8 Å². The van der Waals surface area contributed by atoms with E-state index in [1.54, 1.807) is 19.2 Å². The predicted octanol–water partition coefficient (Wildman–Crippen LogP) is 1.71. The normalized spacial score (nSPS) is 17.6. The highest BCUT2D eigenvalue weighted by Gasteiger charge is 2.24. The molecule has 0 amide bonds. The molecule has 2 N–H and O–H groups in total. The van der Waals surface area contributed by atoms with Crippen LogP contribution in [0.5, 0.6) is 0 Å². The van der Waals surface area contributed by atoms with Crippen LogP contribution in [0.15, 0.2) is 18.5 Å². The highest BCUT2D eigenvalue weighted by Crippen LogP contribution is 2.28. The summed E-state index contributed by atoms with van der Waals surface area (Å²) in [6.07, 6.45) is 5.11. The van der Waals surface area contributed by atoms with E-state index in [-0.39, 0.29) is 19.2 Å². The summed E-state index contributed by atoms with van der Waals surface area (Å²) in [5.74, 6) is -0.854. The summed E-state index contributed by atoms with van der Waals surface area (Å²) in [4.78, 5) is 33.0. The number of nitrogens with one attached hydrogen (secondary N) is 2. The number of H-pyrrole nitrogens is 1. The molecule has 1 aliphatic rings. The summed E-state index contributed by atoms with van der Waals surface area (Å²) in [5.41, 5.74) is 1.77. The third-order valence-corrected chi connectivity index (χ3v) is 4.43. The highest BCUT2D eigenvalue weighted by molar-refractivity contribution is 6.04. The SMILES string of the molecule is CCOC(=O)c1cnc2[nH]ccc2c1N[C@@H]1CCCN(CC(=O)C#N)C1. The van der Waals surface area contributed by atoms with Crippen molar-refractivity contribution in [1.82, 2.24) is 14.9 Å². The van der Waals surface area contributed by atoms with Crippen molar-refractivity contribution >= 4 is 28.5 Å². The average molecular weight is 355 g/mol. The van der Waals surface area contributed by atoms with Crippen LogP contribution in [0.25, 0.3) is 11.0 Å². The number of ketones is 1. The summed E-state index contributed by atoms with van der Waals surface area (Å²) >= 11 is 0. The van der Waals surface area contributed by atoms with Crippen LogP contribution in [-0.4, -0.2) is 58.9 Å². The fraction of sp³-hybridized carbons (Fsp3) is 0.444. The molecule has 3 rings (SSSR count). The quantitative estimate of drug-likeness (QED) is 0.599. The van der Waals surface area contributed by atoms with Gasteiger partial charge in [0.2, 0.25) is 5.78 Å². The Kier molecular flexibility index (Phi) is 5.49. The van der Waals surface area contributed by atoms with Gasteiger partial charge in [0.05, 0.1) is 18.8 Å². The topological polar surface area (TPSA) is 111 Å². The van der Waals surface area contributed by atoms with Gasteiger partial charge in [-0.15, -0.1) is 0 Å². The first-order valence-electron chi connectivity index (χ1n) is 8.67. The lowest BCUT2D eigenvalue weighted by molar-refractivity contribution is -0.115. The van der Waals surface area contributed by atoms with Gasteiger partial charge in [-0.1, -0.05) is 0 Å². The molecule has 0 saturated carbocycles. The van der Waals surface area contributed by atoms with Crippen LogP contribution in [0.2, 0.25) is 0 Å². The number of nitriles is 1. The molecule has 0 unspecified atom stereocenters. The maximum atomic E-state index is 12.3. The van der Waals surface area contributed by atoms with E-state index in [0.29, 0.717) is 23.4 Å². The monoisotopic (exact) mass is 355 g/mol. The van der Waals surface area contributed by atoms with Crippen molar-refractivity contribution in [2.45, 2.75) is 25.8 Å². The summed E-state index contributed by atoms with van der Waals surface area (Å²) in [5, 5.41) is 13.0. The molecule has 8 heteroatoms. The number of ether oxygens (including phenoxy) is 1. The van der Waals surface area contributed by atoms with Crippen LogP contribution in [0.4, 0.5) is 5.69 Å². The Balaban J connectivity index is 1.84. The highest BCUT2D eigenvalue weighted by atomic mass is 16.5. The Bertz CT molecular complexity index is 854. The van der Waals surface area contributed by atoms with E-state index in [1.807, 2.05) is 11.0 Å². The van der Waals surface area contributed by atoms with Gasteiger partial charge < -0.3 is 15.0 Å². The van der Waals surface area contributed by atoms with Crippen LogP contribution in [0.1, 0.15) is 30.1 Å². The Labute approximate surface area is 151 Å². The number of aromatic amines is 1. The molecule has 3 heterocycles. The van der Waals surface area contributed by atoms with Gasteiger partial charge in [-0.25, -0.2) is 9.78 Å². The number of hydrogen-bond acceptors (Lipinski definition) is 7. The van der Waals surface area contributed by atoms with Gasteiger partial charge in [0.15, 0.2) is 0 Å². The Morgan fingerprint density at radius 1 is 1.54 bits per heavy atom. The molecule has 1 fully saturated rings. The van der Waals surface area contributed by atoms with Crippen LogP contribution >= 0.6 is 0 Å². The second-order valence-corrected chi connectivity index (χ2v) is 6.26. The molecule has 2 aromatic heterocycles. The first-order valence-corrected chi connectivity index (χ1v) is 8.67. The van der Waals surface area contributed by atoms with Crippen LogP contribution in [0.3, 0.4) is 0 Å². The zero-order chi connectivity index (χ0) is 18.5. The van der Waals surface area contributed by atoms with E-state index in [1.165, 1.54) is 6.20 Å². The maximum Gasteiger partial charge on any atom is 0.341 e. The number of carbonyl (C=O) groups is 2. The lowest BCUT2D eigenvalue weighted by atomic mass is 10.0. The minimum Gasteiger partial charge on any atom is -0.462 e. The molecule has 1 saturated heterocycles. The second-order valence-electron chi connectivity index (χ2n) is 6.26. The van der Waals surface area contributed by atoms with E-state index >= 15 is 0 Å². The van der Waals surface area contributed by atoms with Gasteiger partial charge in [-0.3, -0.25) is 9.69 Å². The molecule has 0 aliphatic carbocycles. The Hall–Kier alpha value is -2.92. The van der Waals surface area contributed by atoms with Gasteiger partial charge >= 0.3 is 5.97 Å². The minimum absolute atomic E-state index is 0.0592. The van der Waals surface area contributed by atoms with Crippen molar-refractivity contribution in [3.8, 4) is 6.07 Å². The molecule has 26 heavy (non-hydrogen) atoms. The molecular weight excluding hydrogens is 334 g/mol. The first-order chi connectivity index (χ1) is 12.6. The fourth-order valence-electron chi connectivity index (χ4n) is 3.29. The fourth-order valence-corrected chi connectivity index (χ4v) is 3.29. The van der Waals surface area contributed by atoms with Gasteiger partial charge in [-0.05, 0) is 32.4 Å². The lowest BCUT2D eigenvalue weighted by Gasteiger charge is -2.33. The molecular formula is C18H21N5O3. The standard InChI is InChI=1S/C18H21N5O3/c1-2-26-18(25)15-9-21-17-14(5-6-20-17)16(15)22-12-4-3-7-23(10-12)11-13(24)8-19/h5-6,9,12H,2-4,7,10-11H2,1H3,(H2,20,21,22)/t12-/m1/s1. The average Bonchev–Trinajstić information content (AvgIpc) is 3.11. The number of hydrogen-bond donors (Lipinski definition) is 2. The lowest BCUT2D eigenvalue weighted by Crippen LogP contribution is -2.44. The van der Waals surface area contributed by atoms with E-state index < -0.39 is 11.8 Å². The minimum atomic E-state index is -0.435. The van der Waals surface area contributed by atoms with Crippen molar-refractivity contribution in [2.75, 3.05) is 31.6 Å². The largest absolute Gasteiger partial charge is 0.462 e.